The lowest BCUT2D eigenvalue weighted by Crippen LogP contribution is -2.47. The van der Waals surface area contributed by atoms with Crippen LogP contribution in [0.5, 0.6) is 0 Å². The number of halogens is 1. The van der Waals surface area contributed by atoms with Crippen LogP contribution in [-0.4, -0.2) is 36.1 Å². The smallest absolute Gasteiger partial charge is 0.227 e. The fourth-order valence-electron chi connectivity index (χ4n) is 3.48. The molecule has 1 aliphatic rings. The van der Waals surface area contributed by atoms with E-state index in [4.69, 9.17) is 16.6 Å². The zero-order chi connectivity index (χ0) is 19.5. The van der Waals surface area contributed by atoms with Crippen LogP contribution in [0.4, 0.5) is 23.1 Å². The molecule has 0 atom stereocenters. The van der Waals surface area contributed by atoms with Gasteiger partial charge in [0.15, 0.2) is 0 Å². The number of aromatic nitrogens is 2. The van der Waals surface area contributed by atoms with Gasteiger partial charge < -0.3 is 15.1 Å². The first-order chi connectivity index (χ1) is 13.6. The lowest BCUT2D eigenvalue weighted by molar-refractivity contribution is 0.639. The fourth-order valence-corrected chi connectivity index (χ4v) is 3.60. The Morgan fingerprint density at radius 2 is 1.61 bits per heavy atom. The van der Waals surface area contributed by atoms with Gasteiger partial charge >= 0.3 is 0 Å². The summed E-state index contributed by atoms with van der Waals surface area (Å²) in [6.07, 6.45) is 1.80. The van der Waals surface area contributed by atoms with Gasteiger partial charge in [-0.2, -0.15) is 4.98 Å². The zero-order valence-corrected chi connectivity index (χ0v) is 16.9. The van der Waals surface area contributed by atoms with E-state index >= 15 is 0 Å². The Kier molecular flexibility index (Phi) is 5.35. The average Bonchev–Trinajstić information content (AvgIpc) is 2.72. The highest BCUT2D eigenvalue weighted by atomic mass is 35.5. The van der Waals surface area contributed by atoms with Gasteiger partial charge in [-0.25, -0.2) is 4.98 Å². The highest BCUT2D eigenvalue weighted by molar-refractivity contribution is 6.30. The van der Waals surface area contributed by atoms with Crippen molar-refractivity contribution in [2.45, 2.75) is 13.8 Å². The number of hydrogen-bond donors (Lipinski definition) is 1. The summed E-state index contributed by atoms with van der Waals surface area (Å²) in [5.41, 5.74) is 4.98. The summed E-state index contributed by atoms with van der Waals surface area (Å²) in [6, 6.07) is 16.0. The van der Waals surface area contributed by atoms with Crippen molar-refractivity contribution < 1.29 is 0 Å². The van der Waals surface area contributed by atoms with E-state index in [-0.39, 0.29) is 0 Å². The molecule has 6 heteroatoms. The van der Waals surface area contributed by atoms with Crippen molar-refractivity contribution in [3.05, 3.63) is 70.9 Å². The minimum absolute atomic E-state index is 0.718. The van der Waals surface area contributed by atoms with Gasteiger partial charge in [-0.15, -0.1) is 0 Å². The van der Waals surface area contributed by atoms with E-state index in [1.807, 2.05) is 30.3 Å². The molecule has 0 spiro atoms. The topological polar surface area (TPSA) is 44.3 Å². The number of aryl methyl sites for hydroxylation is 1. The van der Waals surface area contributed by atoms with Crippen LogP contribution in [0.15, 0.2) is 54.7 Å². The summed E-state index contributed by atoms with van der Waals surface area (Å²) in [6.45, 7) is 8.09. The van der Waals surface area contributed by atoms with Crippen molar-refractivity contribution in [1.82, 2.24) is 9.97 Å². The first-order valence-electron chi connectivity index (χ1n) is 9.52. The van der Waals surface area contributed by atoms with Gasteiger partial charge in [0.2, 0.25) is 5.95 Å². The summed E-state index contributed by atoms with van der Waals surface area (Å²) in [5.74, 6) is 1.55. The van der Waals surface area contributed by atoms with Gasteiger partial charge in [-0.05, 0) is 61.4 Å². The van der Waals surface area contributed by atoms with Gasteiger partial charge in [-0.1, -0.05) is 23.7 Å². The fraction of sp³-hybridized carbons (Fsp3) is 0.273. The van der Waals surface area contributed by atoms with Crippen LogP contribution in [-0.2, 0) is 0 Å². The monoisotopic (exact) mass is 393 g/mol. The van der Waals surface area contributed by atoms with Crippen LogP contribution in [0, 0.1) is 13.8 Å². The first kappa shape index (κ1) is 18.6. The Hall–Kier alpha value is -2.79. The minimum Gasteiger partial charge on any atom is -0.368 e. The van der Waals surface area contributed by atoms with Gasteiger partial charge in [0, 0.05) is 48.8 Å². The molecule has 0 bridgehead atoms. The number of benzene rings is 2. The van der Waals surface area contributed by atoms with Gasteiger partial charge in [-0.3, -0.25) is 0 Å². The molecule has 3 aromatic rings. The molecule has 2 aromatic carbocycles. The number of piperazine rings is 1. The summed E-state index contributed by atoms with van der Waals surface area (Å²) < 4.78 is 0. The third-order valence-electron chi connectivity index (χ3n) is 5.24. The lowest BCUT2D eigenvalue weighted by Gasteiger charge is -2.37. The second-order valence-corrected chi connectivity index (χ2v) is 7.50. The molecular formula is C22H24ClN5. The van der Waals surface area contributed by atoms with Crippen molar-refractivity contribution in [2.24, 2.45) is 0 Å². The second kappa shape index (κ2) is 8.07. The SMILES string of the molecule is Cc1cccc(N2CCN(c3nccc(Nc4ccc(Cl)cc4)n3)CC2)c1C. The number of hydrogen-bond acceptors (Lipinski definition) is 5. The molecule has 0 saturated carbocycles. The Balaban J connectivity index is 1.43. The Bertz CT molecular complexity index is 949. The van der Waals surface area contributed by atoms with Crippen molar-refractivity contribution in [1.29, 1.82) is 0 Å². The van der Waals surface area contributed by atoms with Gasteiger partial charge in [0.1, 0.15) is 5.82 Å². The van der Waals surface area contributed by atoms with Crippen molar-refractivity contribution in [3.63, 3.8) is 0 Å². The van der Waals surface area contributed by atoms with Crippen LogP contribution in [0.1, 0.15) is 11.1 Å². The third-order valence-corrected chi connectivity index (χ3v) is 5.49. The largest absolute Gasteiger partial charge is 0.368 e. The van der Waals surface area contributed by atoms with E-state index in [0.29, 0.717) is 0 Å². The normalized spacial score (nSPS) is 14.2. The van der Waals surface area contributed by atoms with Crippen LogP contribution < -0.4 is 15.1 Å². The van der Waals surface area contributed by atoms with Gasteiger partial charge in [0.25, 0.3) is 0 Å². The number of nitrogens with one attached hydrogen (secondary N) is 1. The summed E-state index contributed by atoms with van der Waals surface area (Å²) in [5, 5.41) is 4.03. The first-order valence-corrected chi connectivity index (χ1v) is 9.90. The maximum atomic E-state index is 5.95. The van der Waals surface area contributed by atoms with Crippen molar-refractivity contribution in [2.75, 3.05) is 41.3 Å². The molecule has 28 heavy (non-hydrogen) atoms. The summed E-state index contributed by atoms with van der Waals surface area (Å²) >= 11 is 5.95. The Morgan fingerprint density at radius 1 is 0.893 bits per heavy atom. The standard InChI is InChI=1S/C22H24ClN5/c1-16-4-3-5-20(17(16)2)27-12-14-28(15-13-27)22-24-11-10-21(26-22)25-19-8-6-18(23)7-9-19/h3-11H,12-15H2,1-2H3,(H,24,25,26). The van der Waals surface area contributed by atoms with E-state index in [2.05, 4.69) is 52.1 Å². The molecule has 0 unspecified atom stereocenters. The van der Waals surface area contributed by atoms with E-state index < -0.39 is 0 Å². The molecule has 1 fully saturated rings. The Labute approximate surface area is 171 Å². The maximum Gasteiger partial charge on any atom is 0.227 e. The second-order valence-electron chi connectivity index (χ2n) is 7.07. The number of anilines is 4. The lowest BCUT2D eigenvalue weighted by atomic mass is 10.1. The van der Waals surface area contributed by atoms with Gasteiger partial charge in [0.05, 0.1) is 0 Å². The van der Waals surface area contributed by atoms with Crippen molar-refractivity contribution >= 4 is 34.7 Å². The minimum atomic E-state index is 0.718. The predicted molar refractivity (Wildman–Crippen MR) is 117 cm³/mol. The summed E-state index contributed by atoms with van der Waals surface area (Å²) in [7, 11) is 0. The molecule has 1 aliphatic heterocycles. The molecule has 0 radical (unpaired) electrons. The highest BCUT2D eigenvalue weighted by Crippen LogP contribution is 2.25. The van der Waals surface area contributed by atoms with Crippen LogP contribution in [0.2, 0.25) is 5.02 Å². The van der Waals surface area contributed by atoms with E-state index in [9.17, 15) is 0 Å². The molecule has 2 heterocycles. The number of rotatable bonds is 4. The van der Waals surface area contributed by atoms with E-state index in [1.54, 1.807) is 6.20 Å². The van der Waals surface area contributed by atoms with E-state index in [1.165, 1.54) is 16.8 Å². The highest BCUT2D eigenvalue weighted by Gasteiger charge is 2.20. The molecule has 4 rings (SSSR count). The van der Waals surface area contributed by atoms with Crippen LogP contribution in [0.25, 0.3) is 0 Å². The predicted octanol–water partition coefficient (Wildman–Crippen LogP) is 4.82. The molecular weight excluding hydrogens is 370 g/mol. The molecule has 1 saturated heterocycles. The van der Waals surface area contributed by atoms with Crippen LogP contribution >= 0.6 is 11.6 Å². The maximum absolute atomic E-state index is 5.95. The molecule has 1 aromatic heterocycles. The quantitative estimate of drug-likeness (QED) is 0.688. The van der Waals surface area contributed by atoms with Crippen LogP contribution in [0.3, 0.4) is 0 Å². The third kappa shape index (κ3) is 4.04. The van der Waals surface area contributed by atoms with Crippen molar-refractivity contribution in [3.8, 4) is 0 Å². The van der Waals surface area contributed by atoms with E-state index in [0.717, 1.165) is 48.7 Å². The molecule has 1 N–H and O–H groups in total. The molecule has 5 nitrogen and oxygen atoms in total. The summed E-state index contributed by atoms with van der Waals surface area (Å²) in [4.78, 5) is 13.9. The molecule has 0 aliphatic carbocycles. The average molecular weight is 394 g/mol. The molecule has 0 amide bonds. The Morgan fingerprint density at radius 3 is 2.36 bits per heavy atom. The number of nitrogens with zero attached hydrogens (tertiary/aromatic N) is 4. The molecule has 144 valence electrons. The zero-order valence-electron chi connectivity index (χ0n) is 16.2.